The molecule has 2 aromatic heterocycles. The van der Waals surface area contributed by atoms with Gasteiger partial charge in [0.1, 0.15) is 37.7 Å². The summed E-state index contributed by atoms with van der Waals surface area (Å²) in [6, 6.07) is 12.7. The summed E-state index contributed by atoms with van der Waals surface area (Å²) in [6.07, 6.45) is 9.62. The number of rotatable bonds is 24. The van der Waals surface area contributed by atoms with Gasteiger partial charge in [-0.1, -0.05) is 32.0 Å². The number of halogens is 2. The summed E-state index contributed by atoms with van der Waals surface area (Å²) in [7, 11) is -3.26. The van der Waals surface area contributed by atoms with E-state index in [1.54, 1.807) is 16.0 Å². The zero-order chi connectivity index (χ0) is 54.9. The van der Waals surface area contributed by atoms with Crippen molar-refractivity contribution in [3.8, 4) is 5.75 Å². The summed E-state index contributed by atoms with van der Waals surface area (Å²) in [4.78, 5) is 76.6. The van der Waals surface area contributed by atoms with Crippen molar-refractivity contribution < 1.29 is 60.6 Å². The van der Waals surface area contributed by atoms with Crippen molar-refractivity contribution in [2.45, 2.75) is 120 Å². The Labute approximate surface area is 461 Å². The fourth-order valence-corrected chi connectivity index (χ4v) is 13.2. The number of nitrogens with one attached hydrogen (secondary N) is 2. The van der Waals surface area contributed by atoms with E-state index in [1.807, 2.05) is 57.4 Å². The molecular formula is C54H65F2N6O11PS3. The molecule has 2 aromatic carbocycles. The molecule has 0 aliphatic carbocycles. The predicted molar refractivity (Wildman–Crippen MR) is 295 cm³/mol. The summed E-state index contributed by atoms with van der Waals surface area (Å²) in [5.41, 5.74) is -2.01. The predicted octanol–water partition coefficient (Wildman–Crippen LogP) is 9.16. The number of hydrogen-bond donors (Lipinski definition) is 2. The molecule has 0 radical (unpaired) electrons. The van der Waals surface area contributed by atoms with Gasteiger partial charge < -0.3 is 43.3 Å². The van der Waals surface area contributed by atoms with Crippen LogP contribution in [0.5, 0.6) is 5.75 Å². The highest BCUT2D eigenvalue weighted by molar-refractivity contribution is 7.80. The summed E-state index contributed by atoms with van der Waals surface area (Å²) in [6.45, 7) is 4.22. The van der Waals surface area contributed by atoms with E-state index in [9.17, 15) is 28.5 Å². The van der Waals surface area contributed by atoms with Crippen molar-refractivity contribution >= 4 is 98.8 Å². The second-order valence-corrected chi connectivity index (χ2v) is 23.7. The highest BCUT2D eigenvalue weighted by atomic mass is 32.1. The van der Waals surface area contributed by atoms with Crippen molar-refractivity contribution in [1.29, 1.82) is 0 Å². The Balaban J connectivity index is 0.861. The largest absolute Gasteiger partial charge is 0.492 e. The Morgan fingerprint density at radius 1 is 0.896 bits per heavy atom. The number of carbonyl (C=O) groups excluding carboxylic acids is 5. The summed E-state index contributed by atoms with van der Waals surface area (Å²) < 4.78 is 74.9. The summed E-state index contributed by atoms with van der Waals surface area (Å²) in [5, 5.41) is 6.13. The first kappa shape index (κ1) is 57.7. The van der Waals surface area contributed by atoms with E-state index >= 15 is 8.78 Å². The number of hydrogen-bond acceptors (Lipinski definition) is 16. The number of alkyl halides is 2. The molecule has 4 aliphatic rings. The smallest absolute Gasteiger partial charge is 0.404 e. The number of carbonyl (C=O) groups is 5. The molecule has 77 heavy (non-hydrogen) atoms. The molecule has 0 saturated carbocycles. The molecule has 4 atom stereocenters. The molecule has 414 valence electrons. The van der Waals surface area contributed by atoms with E-state index in [0.717, 1.165) is 53.1 Å². The number of thiocarbonyl (C=S) groups is 2. The minimum atomic E-state index is -5.23. The third kappa shape index (κ3) is 13.7. The van der Waals surface area contributed by atoms with Crippen LogP contribution in [-0.2, 0) is 47.9 Å². The second-order valence-electron chi connectivity index (χ2n) is 19.7. The number of imide groups is 1. The van der Waals surface area contributed by atoms with Crippen LogP contribution in [0.1, 0.15) is 123 Å². The lowest BCUT2D eigenvalue weighted by molar-refractivity contribution is -0.148. The van der Waals surface area contributed by atoms with Crippen LogP contribution in [-0.4, -0.2) is 132 Å². The average Bonchev–Trinajstić information content (AvgIpc) is 4.03. The Morgan fingerprint density at radius 3 is 2.27 bits per heavy atom. The molecule has 6 heterocycles. The number of thiophene rings is 1. The van der Waals surface area contributed by atoms with Crippen molar-refractivity contribution in [2.75, 3.05) is 64.6 Å². The first-order chi connectivity index (χ1) is 37.0. The number of pyridine rings is 1. The average molecular weight is 1140 g/mol. The zero-order valence-electron chi connectivity index (χ0n) is 43.4. The van der Waals surface area contributed by atoms with Crippen molar-refractivity contribution in [2.24, 2.45) is 0 Å². The van der Waals surface area contributed by atoms with Gasteiger partial charge in [0.2, 0.25) is 23.6 Å². The van der Waals surface area contributed by atoms with E-state index in [-0.39, 0.29) is 75.1 Å². The standard InChI is InChI=1S/C54H65F2N6O11PS3/c1-4-7-48(75)70-25-27-72-74(68,73-28-26-71-49(76)8-5-2)54(55,56)37-13-19-45-35(29-37)30-46(77-45)51(65)58-42-10-6-9-38-14-18-44(62(38)52(42)66)53(67)61-32-36(33-61)41-31-57-22-21-43(41)60(3)23-24-69-39-15-11-34(12-16-39)40-17-20-47(63)59-50(40)64/h11-13,15-16,19,21-22,29-31,36,38,40,42,44H,4-10,14,17-18,20,23-28,32-33H2,1-3H3,(H,58,65)(H,59,63,64)/t38-,40?,42-,44-/m0/s1. The molecule has 5 amide bonds. The third-order valence-electron chi connectivity index (χ3n) is 14.3. The topological polar surface area (TPSA) is 195 Å². The molecular weight excluding hydrogens is 1070 g/mol. The van der Waals surface area contributed by atoms with Crippen LogP contribution in [0.3, 0.4) is 0 Å². The number of piperidine rings is 1. The maximum absolute atomic E-state index is 16.4. The molecule has 0 spiro atoms. The van der Waals surface area contributed by atoms with E-state index in [1.165, 1.54) is 12.1 Å². The molecule has 4 fully saturated rings. The van der Waals surface area contributed by atoms with Gasteiger partial charge in [0.15, 0.2) is 10.1 Å². The molecule has 2 N–H and O–H groups in total. The second kappa shape index (κ2) is 26.0. The van der Waals surface area contributed by atoms with Crippen LogP contribution in [0.2, 0.25) is 0 Å². The fourth-order valence-electron chi connectivity index (χ4n) is 10.2. The van der Waals surface area contributed by atoms with Crippen LogP contribution in [0.4, 0.5) is 14.5 Å². The van der Waals surface area contributed by atoms with E-state index < -0.39 is 50.0 Å². The van der Waals surface area contributed by atoms with Gasteiger partial charge >= 0.3 is 13.3 Å². The van der Waals surface area contributed by atoms with Gasteiger partial charge in [-0.05, 0) is 123 Å². The lowest BCUT2D eigenvalue weighted by Crippen LogP contribution is -2.58. The summed E-state index contributed by atoms with van der Waals surface area (Å²) in [5.74, 6) is -1.25. The lowest BCUT2D eigenvalue weighted by atomic mass is 9.90. The van der Waals surface area contributed by atoms with Crippen molar-refractivity contribution in [3.63, 3.8) is 0 Å². The van der Waals surface area contributed by atoms with Crippen molar-refractivity contribution in [3.05, 3.63) is 88.6 Å². The minimum absolute atomic E-state index is 0.0184. The molecule has 8 rings (SSSR count). The number of benzene rings is 2. The van der Waals surface area contributed by atoms with Crippen LogP contribution >= 0.6 is 43.4 Å². The van der Waals surface area contributed by atoms with Gasteiger partial charge in [-0.25, -0.2) is 0 Å². The van der Waals surface area contributed by atoms with Gasteiger partial charge in [0.05, 0.1) is 30.6 Å². The Kier molecular flexibility index (Phi) is 19.4. The monoisotopic (exact) mass is 1140 g/mol. The lowest BCUT2D eigenvalue weighted by Gasteiger charge is -2.43. The first-order valence-electron chi connectivity index (χ1n) is 26.3. The van der Waals surface area contributed by atoms with Crippen molar-refractivity contribution in [1.82, 2.24) is 25.4 Å². The van der Waals surface area contributed by atoms with Crippen LogP contribution in [0.25, 0.3) is 10.1 Å². The Morgan fingerprint density at radius 2 is 1.60 bits per heavy atom. The zero-order valence-corrected chi connectivity index (χ0v) is 46.7. The van der Waals surface area contributed by atoms with Gasteiger partial charge in [-0.15, -0.1) is 11.3 Å². The SMILES string of the molecule is CCCC(=S)OCCOP(=O)(OCCOC(=S)CCC)C(F)(F)c1ccc2sc(C(=O)N[C@H]3CCC[C@H]4CC[C@@H](C(=O)N5CC(c6cnccc6N(C)CCOc6ccc(C7CCC(=O)NC7=O)cc6)C5)N4C3=O)cc2c1. The number of fused-ring (bicyclic) bond motifs is 2. The molecule has 1 unspecified atom stereocenters. The van der Waals surface area contributed by atoms with Gasteiger partial charge in [0, 0.05) is 85.3 Å². The normalized spacial score (nSPS) is 20.0. The number of anilines is 1. The van der Waals surface area contributed by atoms with Gasteiger partial charge in [-0.2, -0.15) is 8.78 Å². The Bertz CT molecular complexity index is 2840. The molecule has 4 saturated heterocycles. The molecule has 23 heteroatoms. The third-order valence-corrected chi connectivity index (χ3v) is 18.1. The number of nitrogens with zero attached hydrogens (tertiary/aromatic N) is 4. The van der Waals surface area contributed by atoms with E-state index in [4.69, 9.17) is 47.7 Å². The van der Waals surface area contributed by atoms with Crippen LogP contribution in [0.15, 0.2) is 67.0 Å². The number of likely N-dealkylation sites (N-methyl/N-ethyl adjacent to an activating group) is 1. The molecule has 4 aliphatic heterocycles. The molecule has 0 bridgehead atoms. The molecule has 17 nitrogen and oxygen atoms in total. The quantitative estimate of drug-likeness (QED) is 0.0292. The highest BCUT2D eigenvalue weighted by Gasteiger charge is 2.55. The number of likely N-dealkylation sites (tertiary alicyclic amines) is 1. The minimum Gasteiger partial charge on any atom is -0.492 e. The number of aromatic nitrogens is 1. The van der Waals surface area contributed by atoms with Gasteiger partial charge in [-0.3, -0.25) is 38.8 Å². The maximum Gasteiger partial charge on any atom is 0.404 e. The Hall–Kier alpha value is -5.51. The fraction of sp³-hybridized carbons (Fsp3) is 0.519. The van der Waals surface area contributed by atoms with Gasteiger partial charge in [0.25, 0.3) is 5.91 Å². The number of amides is 5. The van der Waals surface area contributed by atoms with E-state index in [2.05, 4.69) is 20.5 Å². The maximum atomic E-state index is 16.4. The number of ether oxygens (including phenoxy) is 3. The van der Waals surface area contributed by atoms with Crippen LogP contribution in [0, 0.1) is 0 Å². The first-order valence-corrected chi connectivity index (χ1v) is 29.4. The highest BCUT2D eigenvalue weighted by Crippen LogP contribution is 2.67. The van der Waals surface area contributed by atoms with Crippen LogP contribution < -0.4 is 20.3 Å². The molecule has 4 aromatic rings. The summed E-state index contributed by atoms with van der Waals surface area (Å²) >= 11 is 11.3. The van der Waals surface area contributed by atoms with E-state index in [0.29, 0.717) is 94.5 Å².